The fraction of sp³-hybridized carbons (Fsp3) is 0.636. The molecule has 7 heteroatoms. The van der Waals surface area contributed by atoms with Crippen LogP contribution in [0.3, 0.4) is 0 Å². The number of esters is 1. The van der Waals surface area contributed by atoms with Gasteiger partial charge in [0.2, 0.25) is 0 Å². The van der Waals surface area contributed by atoms with Crippen molar-refractivity contribution in [1.29, 1.82) is 0 Å². The average molecular weight is 271 g/mol. The Bertz CT molecular complexity index is 431. The summed E-state index contributed by atoms with van der Waals surface area (Å²) in [5, 5.41) is 6.53. The minimum atomic E-state index is -0.658. The van der Waals surface area contributed by atoms with Gasteiger partial charge in [-0.1, -0.05) is 25.3 Å². The Morgan fingerprint density at radius 3 is 2.61 bits per heavy atom. The van der Waals surface area contributed by atoms with E-state index in [9.17, 15) is 9.59 Å². The number of carbonyl (C=O) groups is 2. The zero-order chi connectivity index (χ0) is 13.7. The molecule has 100 valence electrons. The maximum Gasteiger partial charge on any atom is 0.328 e. The van der Waals surface area contributed by atoms with E-state index in [0.717, 1.165) is 11.5 Å². The molecule has 1 heterocycles. The van der Waals surface area contributed by atoms with Crippen molar-refractivity contribution < 1.29 is 14.3 Å². The van der Waals surface area contributed by atoms with E-state index in [1.807, 2.05) is 20.8 Å². The van der Waals surface area contributed by atoms with Crippen molar-refractivity contribution in [1.82, 2.24) is 14.9 Å². The van der Waals surface area contributed by atoms with Crippen molar-refractivity contribution in [3.63, 3.8) is 0 Å². The van der Waals surface area contributed by atoms with Crippen molar-refractivity contribution in [2.45, 2.75) is 33.2 Å². The van der Waals surface area contributed by atoms with Crippen molar-refractivity contribution in [3.8, 4) is 0 Å². The van der Waals surface area contributed by atoms with Crippen molar-refractivity contribution >= 4 is 23.4 Å². The Hall–Kier alpha value is -1.50. The van der Waals surface area contributed by atoms with Crippen LogP contribution in [0.4, 0.5) is 0 Å². The largest absolute Gasteiger partial charge is 0.467 e. The van der Waals surface area contributed by atoms with Gasteiger partial charge in [0, 0.05) is 0 Å². The molecule has 0 bridgehead atoms. The summed E-state index contributed by atoms with van der Waals surface area (Å²) in [6.07, 6.45) is 0.629. The van der Waals surface area contributed by atoms with Gasteiger partial charge in [-0.15, -0.1) is 5.10 Å². The van der Waals surface area contributed by atoms with Crippen LogP contribution in [0.2, 0.25) is 0 Å². The molecule has 1 rings (SSSR count). The molecule has 1 atom stereocenters. The SMILES string of the molecule is CCc1nnsc1C(=O)NC(C(=O)OC)C(C)C. The van der Waals surface area contributed by atoms with Crippen LogP contribution >= 0.6 is 11.5 Å². The lowest BCUT2D eigenvalue weighted by Crippen LogP contribution is -2.45. The monoisotopic (exact) mass is 271 g/mol. The minimum Gasteiger partial charge on any atom is -0.467 e. The Morgan fingerprint density at radius 1 is 1.44 bits per heavy atom. The van der Waals surface area contributed by atoms with Crippen LogP contribution in [-0.2, 0) is 16.0 Å². The number of hydrogen-bond donors (Lipinski definition) is 1. The van der Waals surface area contributed by atoms with Gasteiger partial charge >= 0.3 is 5.97 Å². The number of amides is 1. The summed E-state index contributed by atoms with van der Waals surface area (Å²) in [6, 6.07) is -0.658. The first-order valence-corrected chi connectivity index (χ1v) is 6.48. The first-order chi connectivity index (χ1) is 8.51. The molecule has 0 fully saturated rings. The Morgan fingerprint density at radius 2 is 2.11 bits per heavy atom. The lowest BCUT2D eigenvalue weighted by atomic mass is 10.0. The van der Waals surface area contributed by atoms with E-state index in [1.165, 1.54) is 7.11 Å². The van der Waals surface area contributed by atoms with E-state index < -0.39 is 12.0 Å². The Kier molecular flexibility index (Phi) is 5.21. The number of aromatic nitrogens is 2. The second-order valence-corrected chi connectivity index (χ2v) is 4.87. The standard InChI is InChI=1S/C11H17N3O3S/c1-5-7-9(18-14-13-7)10(15)12-8(6(2)3)11(16)17-4/h6,8H,5H2,1-4H3,(H,12,15). The highest BCUT2D eigenvalue weighted by Crippen LogP contribution is 2.12. The van der Waals surface area contributed by atoms with Crippen LogP contribution in [0.1, 0.15) is 36.1 Å². The molecular weight excluding hydrogens is 254 g/mol. The van der Waals surface area contributed by atoms with E-state index >= 15 is 0 Å². The summed E-state index contributed by atoms with van der Waals surface area (Å²) in [5.41, 5.74) is 0.643. The molecule has 0 aliphatic heterocycles. The van der Waals surface area contributed by atoms with Gasteiger partial charge in [-0.25, -0.2) is 4.79 Å². The summed E-state index contributed by atoms with van der Waals surface area (Å²) in [4.78, 5) is 24.0. The topological polar surface area (TPSA) is 81.2 Å². The quantitative estimate of drug-likeness (QED) is 0.809. The van der Waals surface area contributed by atoms with E-state index in [2.05, 4.69) is 19.6 Å². The number of methoxy groups -OCH3 is 1. The highest BCUT2D eigenvalue weighted by Gasteiger charge is 2.27. The molecule has 0 saturated carbocycles. The van der Waals surface area contributed by atoms with E-state index in [0.29, 0.717) is 17.0 Å². The second kappa shape index (κ2) is 6.44. The molecule has 0 aromatic carbocycles. The highest BCUT2D eigenvalue weighted by atomic mass is 32.1. The Balaban J connectivity index is 2.82. The summed E-state index contributed by atoms with van der Waals surface area (Å²) in [5.74, 6) is -0.827. The zero-order valence-corrected chi connectivity index (χ0v) is 11.7. The normalized spacial score (nSPS) is 12.3. The molecule has 1 aromatic rings. The highest BCUT2D eigenvalue weighted by molar-refractivity contribution is 7.08. The first kappa shape index (κ1) is 14.6. The van der Waals surface area contributed by atoms with E-state index in [-0.39, 0.29) is 11.8 Å². The number of ether oxygens (including phenoxy) is 1. The van der Waals surface area contributed by atoms with E-state index in [1.54, 1.807) is 0 Å². The number of rotatable bonds is 5. The van der Waals surface area contributed by atoms with Crippen LogP contribution in [0.25, 0.3) is 0 Å². The Labute approximate surface area is 110 Å². The molecule has 0 spiro atoms. The van der Waals surface area contributed by atoms with Gasteiger partial charge in [0.15, 0.2) is 0 Å². The minimum absolute atomic E-state index is 0.0487. The molecule has 0 saturated heterocycles. The molecule has 18 heavy (non-hydrogen) atoms. The molecule has 0 aliphatic rings. The lowest BCUT2D eigenvalue weighted by molar-refractivity contribution is -0.144. The van der Waals surface area contributed by atoms with Crippen molar-refractivity contribution in [2.75, 3.05) is 7.11 Å². The number of nitrogens with one attached hydrogen (secondary N) is 1. The lowest BCUT2D eigenvalue weighted by Gasteiger charge is -2.19. The van der Waals surface area contributed by atoms with Gasteiger partial charge in [0.25, 0.3) is 5.91 Å². The fourth-order valence-electron chi connectivity index (χ4n) is 1.44. The fourth-order valence-corrected chi connectivity index (χ4v) is 2.10. The smallest absolute Gasteiger partial charge is 0.328 e. The van der Waals surface area contributed by atoms with Gasteiger partial charge in [-0.05, 0) is 23.9 Å². The number of nitrogens with zero attached hydrogens (tertiary/aromatic N) is 2. The number of aryl methyl sites for hydroxylation is 1. The van der Waals surface area contributed by atoms with Gasteiger partial charge in [0.1, 0.15) is 10.9 Å². The summed E-state index contributed by atoms with van der Waals surface area (Å²) >= 11 is 1.03. The second-order valence-electron chi connectivity index (χ2n) is 4.12. The third-order valence-electron chi connectivity index (χ3n) is 2.51. The summed E-state index contributed by atoms with van der Waals surface area (Å²) in [7, 11) is 1.30. The molecule has 0 radical (unpaired) electrons. The molecule has 1 unspecified atom stereocenters. The van der Waals surface area contributed by atoms with Crippen LogP contribution in [0.5, 0.6) is 0 Å². The third-order valence-corrected chi connectivity index (χ3v) is 3.27. The molecule has 1 N–H and O–H groups in total. The molecule has 1 amide bonds. The first-order valence-electron chi connectivity index (χ1n) is 5.71. The third kappa shape index (κ3) is 3.25. The number of hydrogen-bond acceptors (Lipinski definition) is 6. The van der Waals surface area contributed by atoms with Gasteiger partial charge < -0.3 is 10.1 Å². The van der Waals surface area contributed by atoms with Gasteiger partial charge in [-0.2, -0.15) is 0 Å². The van der Waals surface area contributed by atoms with Crippen LogP contribution < -0.4 is 5.32 Å². The molecule has 6 nitrogen and oxygen atoms in total. The predicted molar refractivity (Wildman–Crippen MR) is 67.4 cm³/mol. The predicted octanol–water partition coefficient (Wildman–Crippen LogP) is 1.03. The summed E-state index contributed by atoms with van der Waals surface area (Å²) in [6.45, 7) is 5.58. The van der Waals surface area contributed by atoms with Crippen LogP contribution in [0.15, 0.2) is 0 Å². The maximum atomic E-state index is 12.0. The molecule has 0 aliphatic carbocycles. The van der Waals surface area contributed by atoms with Gasteiger partial charge in [-0.3, -0.25) is 4.79 Å². The van der Waals surface area contributed by atoms with Crippen molar-refractivity contribution in [3.05, 3.63) is 10.6 Å². The maximum absolute atomic E-state index is 12.0. The average Bonchev–Trinajstić information content (AvgIpc) is 2.82. The molecular formula is C11H17N3O3S. The zero-order valence-electron chi connectivity index (χ0n) is 10.9. The summed E-state index contributed by atoms with van der Waals surface area (Å²) < 4.78 is 8.41. The van der Waals surface area contributed by atoms with E-state index in [4.69, 9.17) is 0 Å². The molecule has 1 aromatic heterocycles. The number of carbonyl (C=O) groups excluding carboxylic acids is 2. The van der Waals surface area contributed by atoms with Crippen LogP contribution in [-0.4, -0.2) is 34.6 Å². The van der Waals surface area contributed by atoms with Gasteiger partial charge in [0.05, 0.1) is 12.8 Å². The van der Waals surface area contributed by atoms with Crippen LogP contribution in [0, 0.1) is 5.92 Å². The van der Waals surface area contributed by atoms with Crippen molar-refractivity contribution in [2.24, 2.45) is 5.92 Å².